The number of nitrogens with one attached hydrogen (secondary N) is 1. The average Bonchev–Trinajstić information content (AvgIpc) is 3.03. The summed E-state index contributed by atoms with van der Waals surface area (Å²) >= 11 is 0. The Morgan fingerprint density at radius 1 is 0.958 bits per heavy atom. The lowest BCUT2D eigenvalue weighted by molar-refractivity contribution is 0.0516. The van der Waals surface area contributed by atoms with Crippen LogP contribution in [0.4, 0.5) is 11.4 Å². The van der Waals surface area contributed by atoms with Crippen molar-refractivity contribution in [2.45, 2.75) is 76.3 Å². The zero-order valence-electron chi connectivity index (χ0n) is 15.3. The van der Waals surface area contributed by atoms with Crippen LogP contribution >= 0.6 is 0 Å². The van der Waals surface area contributed by atoms with Gasteiger partial charge >= 0.3 is 0 Å². The Balaban J connectivity index is 1.38. The number of piperidine rings is 1. The Bertz CT molecular complexity index is 540. The van der Waals surface area contributed by atoms with E-state index in [-0.39, 0.29) is 0 Å². The van der Waals surface area contributed by atoms with Gasteiger partial charge in [0.25, 0.3) is 0 Å². The first-order valence-corrected chi connectivity index (χ1v) is 10.1. The average molecular weight is 328 g/mol. The molecule has 3 aliphatic rings. The van der Waals surface area contributed by atoms with Gasteiger partial charge in [-0.2, -0.15) is 0 Å². The highest BCUT2D eigenvalue weighted by atomic mass is 15.3. The number of hydrogen-bond donors (Lipinski definition) is 1. The molecule has 1 saturated heterocycles. The molecule has 0 aromatic heterocycles. The van der Waals surface area contributed by atoms with Gasteiger partial charge in [0.1, 0.15) is 0 Å². The molecule has 2 aliphatic heterocycles. The molecule has 4 rings (SSSR count). The summed E-state index contributed by atoms with van der Waals surface area (Å²) in [5.41, 5.74) is 3.19. The van der Waals surface area contributed by atoms with E-state index >= 15 is 0 Å². The molecule has 1 aromatic carbocycles. The molecular weight excluding hydrogens is 294 g/mol. The van der Waals surface area contributed by atoms with E-state index in [1.807, 2.05) is 0 Å². The second-order valence-corrected chi connectivity index (χ2v) is 8.30. The number of rotatable bonds is 2. The van der Waals surface area contributed by atoms with Gasteiger partial charge in [-0.05, 0) is 44.7 Å². The summed E-state index contributed by atoms with van der Waals surface area (Å²) in [4.78, 5) is 5.44. The first-order valence-electron chi connectivity index (χ1n) is 10.1. The number of fused-ring (bicyclic) bond motifs is 1. The van der Waals surface area contributed by atoms with E-state index in [9.17, 15) is 0 Å². The first kappa shape index (κ1) is 16.3. The maximum Gasteiger partial charge on any atom is 0.0880 e. The Hall–Kier alpha value is -1.22. The van der Waals surface area contributed by atoms with Crippen molar-refractivity contribution >= 4 is 11.4 Å². The summed E-state index contributed by atoms with van der Waals surface area (Å²) in [6.45, 7) is 6.09. The van der Waals surface area contributed by atoms with Gasteiger partial charge in [-0.25, -0.2) is 0 Å². The Labute approximate surface area is 147 Å². The van der Waals surface area contributed by atoms with E-state index in [2.05, 4.69) is 46.3 Å². The molecule has 0 atom stereocenters. The fourth-order valence-electron chi connectivity index (χ4n) is 5.16. The summed E-state index contributed by atoms with van der Waals surface area (Å²) in [7, 11) is 0. The van der Waals surface area contributed by atoms with E-state index in [1.54, 1.807) is 0 Å². The first-order chi connectivity index (χ1) is 11.8. The van der Waals surface area contributed by atoms with E-state index in [1.165, 1.54) is 82.3 Å². The topological polar surface area (TPSA) is 18.5 Å². The fraction of sp³-hybridized carbons (Fsp3) is 0.714. The zero-order chi connectivity index (χ0) is 16.4. The maximum atomic E-state index is 3.56. The number of para-hydroxylation sites is 2. The summed E-state index contributed by atoms with van der Waals surface area (Å²) in [5, 5.41) is 3.56. The third-order valence-electron chi connectivity index (χ3n) is 6.75. The standard InChI is InChI=1S/C21H33N3/c1-21(13-7-3-2-4-8-14-21)23-15-11-18(12-16-23)24-17-22-19-9-5-6-10-20(19)24/h5-6,9-10,18,22H,2-4,7-8,11-17H2,1H3. The largest absolute Gasteiger partial charge is 0.366 e. The smallest absolute Gasteiger partial charge is 0.0880 e. The molecule has 0 amide bonds. The van der Waals surface area contributed by atoms with Crippen molar-refractivity contribution < 1.29 is 0 Å². The van der Waals surface area contributed by atoms with Crippen LogP contribution in [0.3, 0.4) is 0 Å². The molecule has 1 saturated carbocycles. The third kappa shape index (κ3) is 3.15. The summed E-state index contributed by atoms with van der Waals surface area (Å²) in [5.74, 6) is 0. The maximum absolute atomic E-state index is 3.56. The normalized spacial score (nSPS) is 25.6. The van der Waals surface area contributed by atoms with Crippen molar-refractivity contribution in [1.29, 1.82) is 0 Å². The van der Waals surface area contributed by atoms with Crippen LogP contribution in [0.2, 0.25) is 0 Å². The van der Waals surface area contributed by atoms with Gasteiger partial charge in [-0.15, -0.1) is 0 Å². The van der Waals surface area contributed by atoms with Crippen molar-refractivity contribution in [3.63, 3.8) is 0 Å². The van der Waals surface area contributed by atoms with Crippen LogP contribution in [0.5, 0.6) is 0 Å². The van der Waals surface area contributed by atoms with Gasteiger partial charge < -0.3 is 10.2 Å². The van der Waals surface area contributed by atoms with Crippen LogP contribution in [-0.2, 0) is 0 Å². The quantitative estimate of drug-likeness (QED) is 0.838. The van der Waals surface area contributed by atoms with E-state index < -0.39 is 0 Å². The summed E-state index contributed by atoms with van der Waals surface area (Å²) < 4.78 is 0. The summed E-state index contributed by atoms with van der Waals surface area (Å²) in [6.07, 6.45) is 12.7. The fourth-order valence-corrected chi connectivity index (χ4v) is 5.16. The minimum absolute atomic E-state index is 0.465. The molecular formula is C21H33N3. The lowest BCUT2D eigenvalue weighted by atomic mass is 9.82. The van der Waals surface area contributed by atoms with Crippen molar-refractivity contribution in [2.24, 2.45) is 0 Å². The molecule has 132 valence electrons. The molecule has 1 N–H and O–H groups in total. The number of nitrogens with zero attached hydrogens (tertiary/aromatic N) is 2. The zero-order valence-corrected chi connectivity index (χ0v) is 15.3. The third-order valence-corrected chi connectivity index (χ3v) is 6.75. The van der Waals surface area contributed by atoms with Crippen molar-refractivity contribution in [2.75, 3.05) is 30.0 Å². The van der Waals surface area contributed by atoms with Gasteiger partial charge in [-0.3, -0.25) is 4.90 Å². The van der Waals surface area contributed by atoms with Gasteiger partial charge in [-0.1, -0.05) is 44.2 Å². The minimum Gasteiger partial charge on any atom is -0.366 e. The lowest BCUT2D eigenvalue weighted by Gasteiger charge is -2.47. The number of likely N-dealkylation sites (tertiary alicyclic amines) is 1. The molecule has 0 bridgehead atoms. The Kier molecular flexibility index (Phi) is 4.71. The van der Waals surface area contributed by atoms with Gasteiger partial charge in [0.2, 0.25) is 0 Å². The van der Waals surface area contributed by atoms with Crippen molar-refractivity contribution in [3.8, 4) is 0 Å². The second-order valence-electron chi connectivity index (χ2n) is 8.30. The van der Waals surface area contributed by atoms with Crippen LogP contribution in [0, 0.1) is 0 Å². The molecule has 2 fully saturated rings. The number of anilines is 2. The van der Waals surface area contributed by atoms with Gasteiger partial charge in [0, 0.05) is 24.7 Å². The highest BCUT2D eigenvalue weighted by molar-refractivity contribution is 5.74. The van der Waals surface area contributed by atoms with Crippen LogP contribution in [0.15, 0.2) is 24.3 Å². The molecule has 0 unspecified atom stereocenters. The van der Waals surface area contributed by atoms with E-state index in [0.717, 1.165) is 6.67 Å². The Morgan fingerprint density at radius 2 is 1.62 bits per heavy atom. The predicted molar refractivity (Wildman–Crippen MR) is 103 cm³/mol. The number of hydrogen-bond acceptors (Lipinski definition) is 3. The Morgan fingerprint density at radius 3 is 2.38 bits per heavy atom. The summed E-state index contributed by atoms with van der Waals surface area (Å²) in [6, 6.07) is 9.49. The van der Waals surface area contributed by atoms with Gasteiger partial charge in [0.15, 0.2) is 0 Å². The predicted octanol–water partition coefficient (Wildman–Crippen LogP) is 4.84. The van der Waals surface area contributed by atoms with Gasteiger partial charge in [0.05, 0.1) is 18.0 Å². The highest BCUT2D eigenvalue weighted by Crippen LogP contribution is 2.37. The van der Waals surface area contributed by atoms with Crippen LogP contribution < -0.4 is 10.2 Å². The molecule has 2 heterocycles. The van der Waals surface area contributed by atoms with Crippen LogP contribution in [0.1, 0.15) is 64.7 Å². The van der Waals surface area contributed by atoms with E-state index in [0.29, 0.717) is 11.6 Å². The molecule has 24 heavy (non-hydrogen) atoms. The molecule has 0 spiro atoms. The SMILES string of the molecule is CC1(N2CCC(N3CNc4ccccc43)CC2)CCCCCCC1. The second kappa shape index (κ2) is 6.95. The minimum atomic E-state index is 0.465. The van der Waals surface area contributed by atoms with E-state index in [4.69, 9.17) is 0 Å². The molecule has 0 radical (unpaired) electrons. The molecule has 1 aliphatic carbocycles. The van der Waals surface area contributed by atoms with Crippen molar-refractivity contribution in [1.82, 2.24) is 4.90 Å². The number of benzene rings is 1. The van der Waals surface area contributed by atoms with Crippen LogP contribution in [-0.4, -0.2) is 36.2 Å². The van der Waals surface area contributed by atoms with Crippen LogP contribution in [0.25, 0.3) is 0 Å². The molecule has 3 nitrogen and oxygen atoms in total. The molecule has 3 heteroatoms. The monoisotopic (exact) mass is 327 g/mol. The lowest BCUT2D eigenvalue weighted by Crippen LogP contribution is -2.53. The molecule has 1 aromatic rings. The van der Waals surface area contributed by atoms with Crippen molar-refractivity contribution in [3.05, 3.63) is 24.3 Å². The highest BCUT2D eigenvalue weighted by Gasteiger charge is 2.36.